The van der Waals surface area contributed by atoms with Crippen LogP contribution >= 0.6 is 11.8 Å². The lowest BCUT2D eigenvalue weighted by molar-refractivity contribution is 0.0999. The zero-order valence-corrected chi connectivity index (χ0v) is 18.6. The number of aromatic nitrogens is 1. The number of nitrogens with two attached hydrogens (primary N) is 1. The van der Waals surface area contributed by atoms with E-state index in [9.17, 15) is 9.59 Å². The lowest BCUT2D eigenvalue weighted by atomic mass is 10.1. The van der Waals surface area contributed by atoms with E-state index in [1.807, 2.05) is 60.7 Å². The predicted molar refractivity (Wildman–Crippen MR) is 134 cm³/mol. The van der Waals surface area contributed by atoms with E-state index in [2.05, 4.69) is 20.5 Å². The third-order valence-electron chi connectivity index (χ3n) is 5.66. The van der Waals surface area contributed by atoms with Gasteiger partial charge in [0.25, 0.3) is 0 Å². The van der Waals surface area contributed by atoms with Crippen molar-refractivity contribution >= 4 is 51.7 Å². The van der Waals surface area contributed by atoms with Gasteiger partial charge in [0, 0.05) is 52.1 Å². The van der Waals surface area contributed by atoms with Crippen molar-refractivity contribution < 1.29 is 9.59 Å². The standard InChI is InChI=1S/C25H23N5O2S/c26-24(31)18-6-2-1-5-16(18)15-30-11-12-33-23-13-17(9-10-22(23)30)28-25(32)29-21-14-27-20-8-4-3-7-19(20)21/h1-10,13-14,27H,11-12,15H2,(H2,26,31)(H2,28,29,32). The number of amides is 3. The summed E-state index contributed by atoms with van der Waals surface area (Å²) in [4.78, 5) is 30.9. The van der Waals surface area contributed by atoms with Crippen LogP contribution in [0.25, 0.3) is 10.9 Å². The van der Waals surface area contributed by atoms with E-state index >= 15 is 0 Å². The lowest BCUT2D eigenvalue weighted by Crippen LogP contribution is -2.30. The summed E-state index contributed by atoms with van der Waals surface area (Å²) in [5.74, 6) is 0.495. The number of anilines is 3. The van der Waals surface area contributed by atoms with Crippen LogP contribution in [-0.4, -0.2) is 29.2 Å². The SMILES string of the molecule is NC(=O)c1ccccc1CN1CCSc2cc(NC(=O)Nc3c[nH]c4ccccc34)ccc21. The normalized spacial score (nSPS) is 12.9. The summed E-state index contributed by atoms with van der Waals surface area (Å²) in [5, 5.41) is 6.79. The molecule has 33 heavy (non-hydrogen) atoms. The average Bonchev–Trinajstić information content (AvgIpc) is 3.22. The topological polar surface area (TPSA) is 103 Å². The molecule has 0 saturated carbocycles. The van der Waals surface area contributed by atoms with Crippen molar-refractivity contribution in [1.82, 2.24) is 4.98 Å². The Morgan fingerprint density at radius 3 is 2.73 bits per heavy atom. The van der Waals surface area contributed by atoms with Gasteiger partial charge < -0.3 is 26.3 Å². The van der Waals surface area contributed by atoms with Gasteiger partial charge in [-0.25, -0.2) is 4.79 Å². The lowest BCUT2D eigenvalue weighted by Gasteiger charge is -2.31. The van der Waals surface area contributed by atoms with Crippen molar-refractivity contribution in [3.8, 4) is 0 Å². The van der Waals surface area contributed by atoms with E-state index in [-0.39, 0.29) is 6.03 Å². The first kappa shape index (κ1) is 21.0. The Morgan fingerprint density at radius 2 is 1.85 bits per heavy atom. The Hall–Kier alpha value is -3.91. The highest BCUT2D eigenvalue weighted by atomic mass is 32.2. The number of primary amides is 1. The molecule has 5 rings (SSSR count). The van der Waals surface area contributed by atoms with Crippen molar-refractivity contribution in [3.63, 3.8) is 0 Å². The molecule has 0 bridgehead atoms. The molecule has 4 aromatic rings. The monoisotopic (exact) mass is 457 g/mol. The van der Waals surface area contributed by atoms with Gasteiger partial charge in [-0.3, -0.25) is 4.79 Å². The highest BCUT2D eigenvalue weighted by Gasteiger charge is 2.20. The van der Waals surface area contributed by atoms with Gasteiger partial charge >= 0.3 is 6.03 Å². The molecule has 1 aromatic heterocycles. The van der Waals surface area contributed by atoms with Crippen LogP contribution in [0.5, 0.6) is 0 Å². The minimum absolute atomic E-state index is 0.298. The molecule has 0 saturated heterocycles. The zero-order valence-electron chi connectivity index (χ0n) is 17.8. The van der Waals surface area contributed by atoms with Crippen LogP contribution < -0.4 is 21.3 Å². The van der Waals surface area contributed by atoms with Gasteiger partial charge in [-0.2, -0.15) is 0 Å². The van der Waals surface area contributed by atoms with Crippen LogP contribution in [0.3, 0.4) is 0 Å². The summed E-state index contributed by atoms with van der Waals surface area (Å²) in [6.07, 6.45) is 1.79. The third-order valence-corrected chi connectivity index (χ3v) is 6.68. The van der Waals surface area contributed by atoms with Crippen LogP contribution in [0, 0.1) is 0 Å². The van der Waals surface area contributed by atoms with E-state index in [1.165, 1.54) is 0 Å². The van der Waals surface area contributed by atoms with Crippen molar-refractivity contribution in [2.75, 3.05) is 27.8 Å². The second-order valence-electron chi connectivity index (χ2n) is 7.80. The number of hydrogen-bond acceptors (Lipinski definition) is 4. The minimum atomic E-state index is -0.419. The number of para-hydroxylation sites is 1. The number of carbonyl (C=O) groups excluding carboxylic acids is 2. The highest BCUT2D eigenvalue weighted by molar-refractivity contribution is 7.99. The van der Waals surface area contributed by atoms with Crippen molar-refractivity contribution in [2.24, 2.45) is 5.73 Å². The van der Waals surface area contributed by atoms with Crippen LogP contribution in [0.1, 0.15) is 15.9 Å². The van der Waals surface area contributed by atoms with Gasteiger partial charge in [0.1, 0.15) is 0 Å². The Bertz CT molecular complexity index is 1350. The summed E-state index contributed by atoms with van der Waals surface area (Å²) in [5.41, 5.74) is 10.5. The number of hydrogen-bond donors (Lipinski definition) is 4. The molecular formula is C25H23N5O2S. The Balaban J connectivity index is 1.31. The molecule has 0 spiro atoms. The number of H-pyrrole nitrogens is 1. The molecule has 0 fully saturated rings. The van der Waals surface area contributed by atoms with Gasteiger partial charge in [0.05, 0.1) is 11.4 Å². The fourth-order valence-electron chi connectivity index (χ4n) is 4.08. The molecule has 166 valence electrons. The van der Waals surface area contributed by atoms with Gasteiger partial charge in [-0.05, 0) is 35.9 Å². The number of benzene rings is 3. The van der Waals surface area contributed by atoms with E-state index in [0.29, 0.717) is 12.1 Å². The summed E-state index contributed by atoms with van der Waals surface area (Å²) in [7, 11) is 0. The fourth-order valence-corrected chi connectivity index (χ4v) is 5.17. The van der Waals surface area contributed by atoms with Crippen LogP contribution in [0.2, 0.25) is 0 Å². The predicted octanol–water partition coefficient (Wildman–Crippen LogP) is 5.02. The molecule has 5 N–H and O–H groups in total. The quantitative estimate of drug-likeness (QED) is 0.338. The van der Waals surface area contributed by atoms with Crippen molar-refractivity contribution in [2.45, 2.75) is 11.4 Å². The van der Waals surface area contributed by atoms with Crippen LogP contribution in [0.4, 0.5) is 21.9 Å². The second kappa shape index (κ2) is 8.91. The molecule has 0 aliphatic carbocycles. The number of aromatic amines is 1. The number of nitrogens with one attached hydrogen (secondary N) is 3. The van der Waals surface area contributed by atoms with Crippen LogP contribution in [0.15, 0.2) is 77.8 Å². The molecule has 3 aromatic carbocycles. The largest absolute Gasteiger partial charge is 0.366 e. The molecule has 1 aliphatic heterocycles. The number of nitrogens with zero attached hydrogens (tertiary/aromatic N) is 1. The number of carbonyl (C=O) groups is 2. The first-order chi connectivity index (χ1) is 16.1. The minimum Gasteiger partial charge on any atom is -0.366 e. The smallest absolute Gasteiger partial charge is 0.323 e. The molecule has 0 atom stereocenters. The first-order valence-corrected chi connectivity index (χ1v) is 11.6. The van der Waals surface area contributed by atoms with E-state index < -0.39 is 5.91 Å². The first-order valence-electron chi connectivity index (χ1n) is 10.6. The molecule has 2 heterocycles. The molecule has 8 heteroatoms. The summed E-state index contributed by atoms with van der Waals surface area (Å²) in [6.45, 7) is 1.46. The average molecular weight is 458 g/mol. The molecule has 7 nitrogen and oxygen atoms in total. The molecule has 3 amide bonds. The van der Waals surface area contributed by atoms with Gasteiger partial charge in [0.15, 0.2) is 0 Å². The van der Waals surface area contributed by atoms with E-state index in [0.717, 1.165) is 50.7 Å². The van der Waals surface area contributed by atoms with Crippen molar-refractivity contribution in [3.05, 3.63) is 84.1 Å². The number of urea groups is 1. The molecule has 1 aliphatic rings. The summed E-state index contributed by atoms with van der Waals surface area (Å²) >= 11 is 1.75. The Morgan fingerprint density at radius 1 is 1.03 bits per heavy atom. The van der Waals surface area contributed by atoms with Gasteiger partial charge in [-0.15, -0.1) is 11.8 Å². The fraction of sp³-hybridized carbons (Fsp3) is 0.120. The number of rotatable bonds is 5. The Labute approximate surface area is 195 Å². The Kier molecular flexibility index (Phi) is 5.66. The number of fused-ring (bicyclic) bond motifs is 2. The zero-order chi connectivity index (χ0) is 22.8. The number of thioether (sulfide) groups is 1. The maximum Gasteiger partial charge on any atom is 0.323 e. The summed E-state index contributed by atoms with van der Waals surface area (Å²) in [6, 6.07) is 20.8. The second-order valence-corrected chi connectivity index (χ2v) is 8.94. The van der Waals surface area contributed by atoms with Gasteiger partial charge in [-0.1, -0.05) is 36.4 Å². The molecule has 0 radical (unpaired) electrons. The highest BCUT2D eigenvalue weighted by Crippen LogP contribution is 2.37. The maximum atomic E-state index is 12.6. The van der Waals surface area contributed by atoms with Crippen molar-refractivity contribution in [1.29, 1.82) is 0 Å². The van der Waals surface area contributed by atoms with E-state index in [1.54, 1.807) is 24.0 Å². The van der Waals surface area contributed by atoms with Crippen LogP contribution in [-0.2, 0) is 6.54 Å². The molecular weight excluding hydrogens is 434 g/mol. The van der Waals surface area contributed by atoms with Gasteiger partial charge in [0.2, 0.25) is 5.91 Å². The third kappa shape index (κ3) is 4.38. The molecule has 0 unspecified atom stereocenters. The summed E-state index contributed by atoms with van der Waals surface area (Å²) < 4.78 is 0. The maximum absolute atomic E-state index is 12.6. The van der Waals surface area contributed by atoms with E-state index in [4.69, 9.17) is 5.73 Å².